The van der Waals surface area contributed by atoms with Gasteiger partial charge in [0.2, 0.25) is 0 Å². The van der Waals surface area contributed by atoms with Crippen LogP contribution in [0.15, 0.2) is 34.7 Å². The molecule has 0 aliphatic carbocycles. The SMILES string of the molecule is CC1(C)O[C@@H]([C@@H](O)c2cc3ccccc3o2)[C@@H]([C@H](O)CO[Si](C)(C)C(C)(C)C)O1. The highest BCUT2D eigenvalue weighted by Crippen LogP contribution is 2.40. The van der Waals surface area contributed by atoms with Crippen molar-refractivity contribution >= 4 is 19.3 Å². The van der Waals surface area contributed by atoms with Crippen molar-refractivity contribution in [3.05, 3.63) is 36.1 Å². The number of rotatable bonds is 6. The van der Waals surface area contributed by atoms with E-state index in [-0.39, 0.29) is 11.6 Å². The zero-order valence-electron chi connectivity index (χ0n) is 18.4. The Morgan fingerprint density at radius 2 is 1.72 bits per heavy atom. The molecule has 1 aliphatic heterocycles. The molecule has 0 radical (unpaired) electrons. The average Bonchev–Trinajstić information content (AvgIpc) is 3.18. The van der Waals surface area contributed by atoms with Crippen LogP contribution in [0.4, 0.5) is 0 Å². The fourth-order valence-electron chi connectivity index (χ4n) is 3.27. The number of aliphatic hydroxyl groups is 2. The van der Waals surface area contributed by atoms with Crippen LogP contribution in [-0.4, -0.2) is 49.2 Å². The van der Waals surface area contributed by atoms with Crippen LogP contribution in [0.3, 0.4) is 0 Å². The zero-order valence-corrected chi connectivity index (χ0v) is 19.4. The molecule has 1 aliphatic rings. The van der Waals surface area contributed by atoms with Crippen molar-refractivity contribution in [2.75, 3.05) is 6.61 Å². The van der Waals surface area contributed by atoms with Crippen LogP contribution >= 0.6 is 0 Å². The largest absolute Gasteiger partial charge is 0.458 e. The Morgan fingerprint density at radius 3 is 2.34 bits per heavy atom. The Labute approximate surface area is 173 Å². The van der Waals surface area contributed by atoms with Crippen molar-refractivity contribution in [3.63, 3.8) is 0 Å². The van der Waals surface area contributed by atoms with E-state index < -0.39 is 38.5 Å². The molecule has 1 saturated heterocycles. The Morgan fingerprint density at radius 1 is 1.10 bits per heavy atom. The molecule has 0 amide bonds. The van der Waals surface area contributed by atoms with E-state index in [0.29, 0.717) is 11.3 Å². The number of hydrogen-bond donors (Lipinski definition) is 2. The molecule has 1 aromatic heterocycles. The van der Waals surface area contributed by atoms with Gasteiger partial charge in [0.1, 0.15) is 35.8 Å². The summed E-state index contributed by atoms with van der Waals surface area (Å²) in [5.74, 6) is -0.541. The quantitative estimate of drug-likeness (QED) is 0.673. The third-order valence-electron chi connectivity index (χ3n) is 6.01. The summed E-state index contributed by atoms with van der Waals surface area (Å²) < 4.78 is 23.9. The fourth-order valence-corrected chi connectivity index (χ4v) is 4.29. The summed E-state index contributed by atoms with van der Waals surface area (Å²) in [5.41, 5.74) is 0.693. The van der Waals surface area contributed by atoms with Gasteiger partial charge in [-0.2, -0.15) is 0 Å². The minimum absolute atomic E-state index is 0.0339. The van der Waals surface area contributed by atoms with Gasteiger partial charge in [-0.05, 0) is 44.1 Å². The highest BCUT2D eigenvalue weighted by atomic mass is 28.4. The lowest BCUT2D eigenvalue weighted by Gasteiger charge is -2.37. The Kier molecular flexibility index (Phi) is 6.04. The summed E-state index contributed by atoms with van der Waals surface area (Å²) in [7, 11) is -2.03. The maximum atomic E-state index is 11.0. The molecule has 0 saturated carbocycles. The van der Waals surface area contributed by atoms with Crippen LogP contribution < -0.4 is 0 Å². The molecule has 162 valence electrons. The summed E-state index contributed by atoms with van der Waals surface area (Å²) in [5, 5.41) is 22.8. The van der Waals surface area contributed by atoms with Gasteiger partial charge in [0.25, 0.3) is 0 Å². The first-order valence-corrected chi connectivity index (χ1v) is 13.1. The summed E-state index contributed by atoms with van der Waals surface area (Å²) >= 11 is 0. The van der Waals surface area contributed by atoms with Crippen molar-refractivity contribution in [1.82, 2.24) is 0 Å². The van der Waals surface area contributed by atoms with Crippen LogP contribution in [0.25, 0.3) is 11.0 Å². The molecule has 4 atom stereocenters. The van der Waals surface area contributed by atoms with E-state index in [2.05, 4.69) is 33.9 Å². The van der Waals surface area contributed by atoms with Gasteiger partial charge in [-0.1, -0.05) is 39.0 Å². The fraction of sp³-hybridized carbons (Fsp3) is 0.636. The Balaban J connectivity index is 1.77. The number of ether oxygens (including phenoxy) is 2. The van der Waals surface area contributed by atoms with Gasteiger partial charge in [-0.15, -0.1) is 0 Å². The molecule has 0 unspecified atom stereocenters. The lowest BCUT2D eigenvalue weighted by molar-refractivity contribution is -0.162. The first-order valence-electron chi connectivity index (χ1n) is 10.1. The van der Waals surface area contributed by atoms with Gasteiger partial charge in [0.15, 0.2) is 14.1 Å². The number of benzene rings is 1. The van der Waals surface area contributed by atoms with E-state index in [1.165, 1.54) is 0 Å². The molecule has 3 rings (SSSR count). The minimum atomic E-state index is -2.03. The van der Waals surface area contributed by atoms with E-state index in [1.807, 2.05) is 24.3 Å². The van der Waals surface area contributed by atoms with Crippen molar-refractivity contribution in [2.24, 2.45) is 0 Å². The van der Waals surface area contributed by atoms with Crippen LogP contribution in [0.1, 0.15) is 46.5 Å². The van der Waals surface area contributed by atoms with E-state index in [9.17, 15) is 10.2 Å². The molecule has 0 spiro atoms. The van der Waals surface area contributed by atoms with E-state index in [4.69, 9.17) is 18.3 Å². The average molecular weight is 423 g/mol. The second kappa shape index (κ2) is 7.79. The van der Waals surface area contributed by atoms with E-state index in [0.717, 1.165) is 5.39 Å². The van der Waals surface area contributed by atoms with Crippen molar-refractivity contribution in [2.45, 2.75) is 83.0 Å². The van der Waals surface area contributed by atoms with Crippen molar-refractivity contribution in [3.8, 4) is 0 Å². The molecule has 0 bridgehead atoms. The smallest absolute Gasteiger partial charge is 0.192 e. The van der Waals surface area contributed by atoms with Crippen molar-refractivity contribution in [1.29, 1.82) is 0 Å². The molecule has 2 N–H and O–H groups in total. The predicted octanol–water partition coefficient (Wildman–Crippen LogP) is 4.37. The monoisotopic (exact) mass is 422 g/mol. The number of furan rings is 1. The van der Waals surface area contributed by atoms with Gasteiger partial charge in [0.05, 0.1) is 6.61 Å². The third-order valence-corrected chi connectivity index (χ3v) is 10.5. The molecule has 2 aromatic rings. The van der Waals surface area contributed by atoms with Crippen LogP contribution in [0.5, 0.6) is 0 Å². The van der Waals surface area contributed by atoms with Gasteiger partial charge < -0.3 is 28.5 Å². The third kappa shape index (κ3) is 4.76. The van der Waals surface area contributed by atoms with Crippen LogP contribution in [0, 0.1) is 0 Å². The molecular weight excluding hydrogens is 388 g/mol. The lowest BCUT2D eigenvalue weighted by Crippen LogP contribution is -2.47. The highest BCUT2D eigenvalue weighted by molar-refractivity contribution is 6.74. The normalized spacial score (nSPS) is 24.7. The van der Waals surface area contributed by atoms with Gasteiger partial charge >= 0.3 is 0 Å². The standard InChI is InChI=1S/C22H34O6Si/c1-21(2,3)29(6,7)25-13-15(23)19-20(28-22(4,5)27-19)18(24)17-12-14-10-8-9-11-16(14)26-17/h8-12,15,18-20,23-24H,13H2,1-7H3/t15-,18+,19-,20+/m1/s1. The maximum absolute atomic E-state index is 11.0. The number of fused-ring (bicyclic) bond motifs is 1. The second-order valence-corrected chi connectivity index (χ2v) is 14.6. The second-order valence-electron chi connectivity index (χ2n) is 9.83. The molecule has 1 fully saturated rings. The first kappa shape index (κ1) is 22.5. The van der Waals surface area contributed by atoms with Gasteiger partial charge in [-0.3, -0.25) is 0 Å². The number of aliphatic hydroxyl groups excluding tert-OH is 2. The Bertz CT molecular complexity index is 804. The molecule has 6 nitrogen and oxygen atoms in total. The molecule has 2 heterocycles. The Hall–Kier alpha value is -1.22. The molecule has 29 heavy (non-hydrogen) atoms. The minimum Gasteiger partial charge on any atom is -0.458 e. The highest BCUT2D eigenvalue weighted by Gasteiger charge is 2.49. The molecular formula is C22H34O6Si. The number of hydrogen-bond acceptors (Lipinski definition) is 6. The van der Waals surface area contributed by atoms with E-state index >= 15 is 0 Å². The molecule has 7 heteroatoms. The topological polar surface area (TPSA) is 81.3 Å². The molecule has 1 aromatic carbocycles. The van der Waals surface area contributed by atoms with Crippen LogP contribution in [0.2, 0.25) is 18.1 Å². The number of para-hydroxylation sites is 1. The van der Waals surface area contributed by atoms with E-state index in [1.54, 1.807) is 19.9 Å². The van der Waals surface area contributed by atoms with Crippen LogP contribution in [-0.2, 0) is 13.9 Å². The maximum Gasteiger partial charge on any atom is 0.192 e. The predicted molar refractivity (Wildman–Crippen MR) is 114 cm³/mol. The summed E-state index contributed by atoms with van der Waals surface area (Å²) in [6, 6.07) is 9.36. The summed E-state index contributed by atoms with van der Waals surface area (Å²) in [6.45, 7) is 14.4. The summed E-state index contributed by atoms with van der Waals surface area (Å²) in [6.07, 6.45) is -3.52. The van der Waals surface area contributed by atoms with Crippen molar-refractivity contribution < 1.29 is 28.5 Å². The summed E-state index contributed by atoms with van der Waals surface area (Å²) in [4.78, 5) is 0. The van der Waals surface area contributed by atoms with Gasteiger partial charge in [0, 0.05) is 5.39 Å². The lowest BCUT2D eigenvalue weighted by atomic mass is 10.0. The zero-order chi connectivity index (χ0) is 21.6. The first-order chi connectivity index (χ1) is 13.3. The van der Waals surface area contributed by atoms with Gasteiger partial charge in [-0.25, -0.2) is 0 Å².